The molecule has 3 unspecified atom stereocenters. The van der Waals surface area contributed by atoms with Gasteiger partial charge in [-0.3, -0.25) is 4.79 Å². The molecule has 5 atom stereocenters. The van der Waals surface area contributed by atoms with Crippen LogP contribution < -0.4 is 15.0 Å². The number of alkyl carbamates (subject to hydrolysis) is 1. The number of aromatic nitrogens is 5. The van der Waals surface area contributed by atoms with Crippen molar-refractivity contribution in [3.63, 3.8) is 0 Å². The van der Waals surface area contributed by atoms with Crippen molar-refractivity contribution < 1.29 is 32.2 Å². The fourth-order valence-corrected chi connectivity index (χ4v) is 7.26. The van der Waals surface area contributed by atoms with E-state index < -0.39 is 29.8 Å². The molecule has 3 fully saturated rings. The summed E-state index contributed by atoms with van der Waals surface area (Å²) in [6.45, 7) is 8.45. The molecule has 3 aromatic heterocycles. The number of piperidine rings is 2. The molecule has 2 amide bonds. The van der Waals surface area contributed by atoms with Gasteiger partial charge in [-0.15, -0.1) is 0 Å². The lowest BCUT2D eigenvalue weighted by atomic mass is 9.90. The molecule has 12 nitrogen and oxygen atoms in total. The van der Waals surface area contributed by atoms with Crippen molar-refractivity contribution in [3.8, 4) is 11.8 Å². The quantitative estimate of drug-likeness (QED) is 0.227. The topological polar surface area (TPSA) is 128 Å². The number of hydrogen-bond donors (Lipinski definition) is 1. The second kappa shape index (κ2) is 13.7. The van der Waals surface area contributed by atoms with Gasteiger partial charge in [0, 0.05) is 62.2 Å². The average molecular weight is 719 g/mol. The minimum absolute atomic E-state index is 0.0449. The first kappa shape index (κ1) is 35.2. The molecule has 1 saturated carbocycles. The Bertz CT molecular complexity index is 1910. The van der Waals surface area contributed by atoms with E-state index >= 15 is 0 Å². The molecule has 1 aromatic carbocycles. The van der Waals surface area contributed by atoms with Crippen LogP contribution in [0.15, 0.2) is 67.1 Å². The van der Waals surface area contributed by atoms with Gasteiger partial charge in [0.1, 0.15) is 18.5 Å². The molecule has 1 aliphatic carbocycles. The van der Waals surface area contributed by atoms with Crippen LogP contribution in [0.4, 0.5) is 23.8 Å². The normalized spacial score (nSPS) is 22.9. The molecule has 2 aliphatic heterocycles. The maximum Gasteiger partial charge on any atom is 0.408 e. The summed E-state index contributed by atoms with van der Waals surface area (Å²) in [6, 6.07) is 14.2. The van der Waals surface area contributed by atoms with E-state index in [1.54, 1.807) is 55.5 Å². The number of amides is 2. The van der Waals surface area contributed by atoms with Crippen LogP contribution in [0.2, 0.25) is 0 Å². The smallest absolute Gasteiger partial charge is 0.408 e. The lowest BCUT2D eigenvalue weighted by Gasteiger charge is -2.39. The van der Waals surface area contributed by atoms with Gasteiger partial charge in [0.05, 0.1) is 22.7 Å². The summed E-state index contributed by atoms with van der Waals surface area (Å²) in [6.07, 6.45) is -0.301. The lowest BCUT2D eigenvalue weighted by Crippen LogP contribution is -2.45. The number of ether oxygens (including phenoxy) is 2. The van der Waals surface area contributed by atoms with Crippen molar-refractivity contribution in [2.75, 3.05) is 24.5 Å². The van der Waals surface area contributed by atoms with Crippen molar-refractivity contribution in [2.45, 2.75) is 71.0 Å². The van der Waals surface area contributed by atoms with Crippen LogP contribution in [0.5, 0.6) is 5.88 Å². The summed E-state index contributed by atoms with van der Waals surface area (Å²) in [4.78, 5) is 43.3. The van der Waals surface area contributed by atoms with Crippen LogP contribution >= 0.6 is 0 Å². The van der Waals surface area contributed by atoms with Crippen molar-refractivity contribution in [1.82, 2.24) is 34.9 Å². The van der Waals surface area contributed by atoms with E-state index in [4.69, 9.17) is 14.5 Å². The third kappa shape index (κ3) is 7.39. The van der Waals surface area contributed by atoms with Gasteiger partial charge in [-0.2, -0.15) is 23.3 Å². The number of fused-ring (bicyclic) bond motifs is 1. The minimum Gasteiger partial charge on any atom is -0.474 e. The first-order chi connectivity index (χ1) is 24.8. The van der Waals surface area contributed by atoms with Gasteiger partial charge in [0.2, 0.25) is 11.8 Å². The molecule has 0 spiro atoms. The van der Waals surface area contributed by atoms with Crippen LogP contribution in [0.1, 0.15) is 60.8 Å². The molecule has 1 N–H and O–H groups in total. The highest BCUT2D eigenvalue weighted by Crippen LogP contribution is 2.48. The summed E-state index contributed by atoms with van der Waals surface area (Å²) in [5.74, 6) is -0.170. The summed E-state index contributed by atoms with van der Waals surface area (Å²) < 4.78 is 54.3. The Labute approximate surface area is 299 Å². The maximum absolute atomic E-state index is 13.6. The summed E-state index contributed by atoms with van der Waals surface area (Å²) in [5, 5.41) is 7.36. The van der Waals surface area contributed by atoms with Crippen molar-refractivity contribution in [3.05, 3.63) is 89.5 Å². The van der Waals surface area contributed by atoms with Gasteiger partial charge < -0.3 is 24.6 Å². The fraction of sp³-hybridized carbons (Fsp3) is 0.459. The van der Waals surface area contributed by atoms with E-state index in [1.165, 1.54) is 4.68 Å². The zero-order chi connectivity index (χ0) is 36.8. The number of aryl methyl sites for hydroxylation is 1. The molecular weight excluding hydrogens is 677 g/mol. The molecule has 2 saturated heterocycles. The Morgan fingerprint density at radius 1 is 1.02 bits per heavy atom. The van der Waals surface area contributed by atoms with Crippen molar-refractivity contribution >= 4 is 17.8 Å². The lowest BCUT2D eigenvalue weighted by molar-refractivity contribution is -0.181. The Kier molecular flexibility index (Phi) is 9.30. The van der Waals surface area contributed by atoms with E-state index in [-0.39, 0.29) is 49.8 Å². The average Bonchev–Trinajstić information content (AvgIpc) is 3.40. The van der Waals surface area contributed by atoms with Gasteiger partial charge in [-0.1, -0.05) is 30.3 Å². The molecule has 274 valence electrons. The Hall–Kier alpha value is -5.21. The number of halogens is 3. The second-order valence-corrected chi connectivity index (χ2v) is 14.4. The highest BCUT2D eigenvalue weighted by molar-refractivity contribution is 5.95. The van der Waals surface area contributed by atoms with Gasteiger partial charge in [0.15, 0.2) is 0 Å². The van der Waals surface area contributed by atoms with Crippen LogP contribution in [0.25, 0.3) is 5.95 Å². The molecule has 0 radical (unpaired) electrons. The number of carbonyl (C=O) groups excluding carboxylic acids is 2. The number of alkyl halides is 3. The van der Waals surface area contributed by atoms with Crippen LogP contribution in [0.3, 0.4) is 0 Å². The molecule has 7 rings (SSSR count). The zero-order valence-corrected chi connectivity index (χ0v) is 29.4. The zero-order valence-electron chi connectivity index (χ0n) is 29.4. The highest BCUT2D eigenvalue weighted by atomic mass is 19.4. The number of nitrogens with zero attached hydrogens (tertiary/aromatic N) is 7. The number of anilines is 1. The SMILES string of the molecule is Cc1nn(-c2ncccn2)cc1C(=O)N1C[C@@H]2C(Oc3cc(C(C)(C)NC(=O)OCc4ccccc4)cc(N4CCC(C(F)(F)F)CC4C)n3)[C@@H]2C1. The van der Waals surface area contributed by atoms with Crippen molar-refractivity contribution in [1.29, 1.82) is 0 Å². The Balaban J connectivity index is 1.06. The fourth-order valence-electron chi connectivity index (χ4n) is 7.26. The minimum atomic E-state index is -4.26. The molecule has 52 heavy (non-hydrogen) atoms. The monoisotopic (exact) mass is 718 g/mol. The number of rotatable bonds is 9. The first-order valence-corrected chi connectivity index (χ1v) is 17.4. The van der Waals surface area contributed by atoms with Crippen LogP contribution in [0, 0.1) is 24.7 Å². The van der Waals surface area contributed by atoms with Gasteiger partial charge >= 0.3 is 12.3 Å². The van der Waals surface area contributed by atoms with E-state index in [2.05, 4.69) is 20.4 Å². The molecule has 3 aliphatic rings. The van der Waals surface area contributed by atoms with E-state index in [9.17, 15) is 22.8 Å². The Morgan fingerprint density at radius 3 is 2.40 bits per heavy atom. The van der Waals surface area contributed by atoms with Gasteiger partial charge in [0.25, 0.3) is 5.91 Å². The van der Waals surface area contributed by atoms with Crippen LogP contribution in [-0.4, -0.2) is 79.6 Å². The number of carbonyl (C=O) groups is 2. The number of nitrogens with one attached hydrogen (secondary N) is 1. The van der Waals surface area contributed by atoms with E-state index in [0.717, 1.165) is 5.56 Å². The van der Waals surface area contributed by atoms with Crippen LogP contribution in [-0.2, 0) is 16.9 Å². The molecule has 15 heteroatoms. The van der Waals surface area contributed by atoms with Crippen molar-refractivity contribution in [2.24, 2.45) is 17.8 Å². The summed E-state index contributed by atoms with van der Waals surface area (Å²) in [5.41, 5.74) is 1.61. The number of pyridine rings is 1. The predicted molar refractivity (Wildman–Crippen MR) is 184 cm³/mol. The standard InChI is InChI=1S/C37H41F3N8O4/c1-22-15-25(37(38,39)40)11-14-47(22)30-16-26(36(3,4)44-35(50)51-21-24-9-6-5-7-10-24)17-31(43-30)52-32-28-18-46(19-29(28)32)33(49)27-20-48(45-23(27)2)34-41-12-8-13-42-34/h5-10,12-13,16-17,20,22,25,28-29,32H,11,14-15,18-19,21H2,1-4H3,(H,44,50)/t22?,25?,28-,29+,32?. The number of likely N-dealkylation sites (tertiary alicyclic amines) is 1. The molecular formula is C37H41F3N8O4. The van der Waals surface area contributed by atoms with E-state index in [0.29, 0.717) is 47.6 Å². The third-order valence-corrected chi connectivity index (χ3v) is 10.3. The summed E-state index contributed by atoms with van der Waals surface area (Å²) >= 11 is 0. The second-order valence-electron chi connectivity index (χ2n) is 14.4. The van der Waals surface area contributed by atoms with E-state index in [1.807, 2.05) is 49.1 Å². The first-order valence-electron chi connectivity index (χ1n) is 17.4. The largest absolute Gasteiger partial charge is 0.474 e. The molecule has 5 heterocycles. The van der Waals surface area contributed by atoms with Gasteiger partial charge in [-0.05, 0) is 63.8 Å². The predicted octanol–water partition coefficient (Wildman–Crippen LogP) is 5.84. The Morgan fingerprint density at radius 2 is 1.73 bits per heavy atom. The highest BCUT2D eigenvalue weighted by Gasteiger charge is 2.59. The number of benzene rings is 1. The molecule has 4 aromatic rings. The van der Waals surface area contributed by atoms with Gasteiger partial charge in [-0.25, -0.2) is 19.4 Å². The summed E-state index contributed by atoms with van der Waals surface area (Å²) in [7, 11) is 0. The molecule has 0 bridgehead atoms. The third-order valence-electron chi connectivity index (χ3n) is 10.3. The number of hydrogen-bond acceptors (Lipinski definition) is 9. The maximum atomic E-state index is 13.6.